The lowest BCUT2D eigenvalue weighted by Crippen LogP contribution is -2.32. The molecule has 0 saturated carbocycles. The molecule has 0 unspecified atom stereocenters. The van der Waals surface area contributed by atoms with E-state index in [1.54, 1.807) is 24.3 Å². The number of rotatable bonds is 6. The fourth-order valence-electron chi connectivity index (χ4n) is 3.22. The van der Waals surface area contributed by atoms with Crippen LogP contribution in [-0.4, -0.2) is 59.8 Å². The molecule has 0 atom stereocenters. The van der Waals surface area contributed by atoms with E-state index in [4.69, 9.17) is 0 Å². The summed E-state index contributed by atoms with van der Waals surface area (Å²) >= 11 is 0. The highest BCUT2D eigenvalue weighted by molar-refractivity contribution is 7.90. The molecule has 1 aromatic heterocycles. The first-order valence-electron chi connectivity index (χ1n) is 9.15. The van der Waals surface area contributed by atoms with E-state index in [0.29, 0.717) is 24.4 Å². The molecule has 3 rings (SSSR count). The Hall–Kier alpha value is -2.19. The van der Waals surface area contributed by atoms with Crippen LogP contribution >= 0.6 is 0 Å². The van der Waals surface area contributed by atoms with Crippen LogP contribution in [0.15, 0.2) is 41.6 Å². The average Bonchev–Trinajstić information content (AvgIpc) is 3.02. The molecule has 1 aliphatic rings. The fourth-order valence-corrected chi connectivity index (χ4v) is 3.85. The third-order valence-electron chi connectivity index (χ3n) is 4.82. The number of amides is 1. The number of sulfone groups is 1. The van der Waals surface area contributed by atoms with Crippen LogP contribution in [-0.2, 0) is 34.3 Å². The van der Waals surface area contributed by atoms with Gasteiger partial charge in [-0.15, -0.1) is 0 Å². The second-order valence-electron chi connectivity index (χ2n) is 6.96. The molecule has 1 fully saturated rings. The molecule has 0 spiro atoms. The molecular weight excluding hydrogens is 364 g/mol. The Morgan fingerprint density at radius 2 is 1.78 bits per heavy atom. The first-order chi connectivity index (χ1) is 12.8. The predicted octanol–water partition coefficient (Wildman–Crippen LogP) is 1.54. The topological polar surface area (TPSA) is 75.5 Å². The van der Waals surface area contributed by atoms with Crippen LogP contribution in [0.1, 0.15) is 24.5 Å². The third-order valence-corrected chi connectivity index (χ3v) is 5.95. The van der Waals surface area contributed by atoms with Crippen LogP contribution < -0.4 is 0 Å². The van der Waals surface area contributed by atoms with E-state index in [-0.39, 0.29) is 5.91 Å². The second kappa shape index (κ2) is 8.22. The highest BCUT2D eigenvalue weighted by Crippen LogP contribution is 2.15. The van der Waals surface area contributed by atoms with Crippen LogP contribution in [0, 0.1) is 0 Å². The van der Waals surface area contributed by atoms with Gasteiger partial charge in [0.25, 0.3) is 0 Å². The van der Waals surface area contributed by atoms with Crippen LogP contribution in [0.2, 0.25) is 0 Å². The second-order valence-corrected chi connectivity index (χ2v) is 8.98. The van der Waals surface area contributed by atoms with Gasteiger partial charge < -0.3 is 4.90 Å². The highest BCUT2D eigenvalue weighted by Gasteiger charge is 2.21. The van der Waals surface area contributed by atoms with Crippen molar-refractivity contribution in [1.82, 2.24) is 19.6 Å². The summed E-state index contributed by atoms with van der Waals surface area (Å²) in [7, 11) is -3.20. The number of hydrogen-bond donors (Lipinski definition) is 0. The number of nitrogens with zero attached hydrogens (tertiary/aromatic N) is 4. The van der Waals surface area contributed by atoms with Crippen LogP contribution in [0.5, 0.6) is 0 Å². The first-order valence-corrected chi connectivity index (χ1v) is 11.0. The molecular formula is C19H26N4O3S. The molecule has 2 heterocycles. The number of aromatic nitrogens is 2. The van der Waals surface area contributed by atoms with E-state index < -0.39 is 9.84 Å². The molecule has 1 saturated heterocycles. The van der Waals surface area contributed by atoms with Crippen molar-refractivity contribution in [2.45, 2.75) is 37.9 Å². The van der Waals surface area contributed by atoms with Gasteiger partial charge in [0, 0.05) is 63.7 Å². The van der Waals surface area contributed by atoms with Crippen molar-refractivity contribution in [3.63, 3.8) is 0 Å². The highest BCUT2D eigenvalue weighted by atomic mass is 32.2. The molecule has 0 bridgehead atoms. The molecule has 0 radical (unpaired) electrons. The number of carbonyl (C=O) groups excluding carboxylic acids is 1. The summed E-state index contributed by atoms with van der Waals surface area (Å²) in [6.07, 6.45) is 5.62. The molecule has 7 nitrogen and oxygen atoms in total. The van der Waals surface area contributed by atoms with Gasteiger partial charge in [0.15, 0.2) is 9.84 Å². The lowest BCUT2D eigenvalue weighted by atomic mass is 10.2. The molecule has 1 aliphatic heterocycles. The Balaban J connectivity index is 1.60. The van der Waals surface area contributed by atoms with E-state index in [1.165, 1.54) is 6.26 Å². The summed E-state index contributed by atoms with van der Waals surface area (Å²) in [5.74, 6) is 0.133. The minimum absolute atomic E-state index is 0.133. The molecule has 0 aliphatic carbocycles. The summed E-state index contributed by atoms with van der Waals surface area (Å²) in [6, 6.07) is 6.77. The molecule has 27 heavy (non-hydrogen) atoms. The lowest BCUT2D eigenvalue weighted by Gasteiger charge is -2.22. The van der Waals surface area contributed by atoms with Crippen molar-refractivity contribution in [2.24, 2.45) is 0 Å². The van der Waals surface area contributed by atoms with Crippen molar-refractivity contribution in [2.75, 3.05) is 25.9 Å². The Labute approximate surface area is 160 Å². The minimum atomic E-state index is -3.20. The Bertz CT molecular complexity index is 890. The van der Waals surface area contributed by atoms with Gasteiger partial charge in [-0.25, -0.2) is 8.42 Å². The maximum atomic E-state index is 12.5. The maximum absolute atomic E-state index is 12.5. The molecule has 0 N–H and O–H groups in total. The summed E-state index contributed by atoms with van der Waals surface area (Å²) in [4.78, 5) is 16.9. The van der Waals surface area contributed by atoms with E-state index >= 15 is 0 Å². The first kappa shape index (κ1) is 19.6. The molecule has 2 aromatic rings. The molecule has 146 valence electrons. The largest absolute Gasteiger partial charge is 0.337 e. The number of hydrogen-bond acceptors (Lipinski definition) is 5. The van der Waals surface area contributed by atoms with Gasteiger partial charge in [-0.1, -0.05) is 12.1 Å². The van der Waals surface area contributed by atoms with E-state index in [2.05, 4.69) is 16.9 Å². The van der Waals surface area contributed by atoms with E-state index in [1.807, 2.05) is 22.0 Å². The van der Waals surface area contributed by atoms with Gasteiger partial charge >= 0.3 is 0 Å². The van der Waals surface area contributed by atoms with Gasteiger partial charge in [-0.2, -0.15) is 5.10 Å². The summed E-state index contributed by atoms with van der Waals surface area (Å²) in [5.41, 5.74) is 2.10. The normalized spacial score (nSPS) is 16.5. The van der Waals surface area contributed by atoms with Crippen LogP contribution in [0.4, 0.5) is 0 Å². The zero-order valence-electron chi connectivity index (χ0n) is 15.8. The standard InChI is InChI=1S/C19H26N4O3S/c1-3-23-15-17(12-20-23)13-21-9-8-19(24)22(11-10-21)14-16-4-6-18(7-5-16)27(2,25)26/h4-7,12,15H,3,8-11,13-14H2,1-2H3. The SMILES string of the molecule is CCn1cc(CN2CCC(=O)N(Cc3ccc(S(C)(=O)=O)cc3)CC2)cn1. The zero-order valence-corrected chi connectivity index (χ0v) is 16.7. The minimum Gasteiger partial charge on any atom is -0.337 e. The monoisotopic (exact) mass is 390 g/mol. The van der Waals surface area contributed by atoms with Gasteiger partial charge in [0.1, 0.15) is 0 Å². The molecule has 1 aromatic carbocycles. The fraction of sp³-hybridized carbons (Fsp3) is 0.474. The summed E-state index contributed by atoms with van der Waals surface area (Å²) in [6.45, 7) is 6.42. The van der Waals surface area contributed by atoms with Crippen LogP contribution in [0.3, 0.4) is 0 Å². The van der Waals surface area contributed by atoms with Crippen molar-refractivity contribution < 1.29 is 13.2 Å². The van der Waals surface area contributed by atoms with E-state index in [0.717, 1.165) is 37.3 Å². The van der Waals surface area contributed by atoms with Gasteiger partial charge in [-0.05, 0) is 24.6 Å². The average molecular weight is 391 g/mol. The van der Waals surface area contributed by atoms with Gasteiger partial charge in [-0.3, -0.25) is 14.4 Å². The van der Waals surface area contributed by atoms with Gasteiger partial charge in [0.05, 0.1) is 11.1 Å². The van der Waals surface area contributed by atoms with Crippen LogP contribution in [0.25, 0.3) is 0 Å². The molecule has 8 heteroatoms. The van der Waals surface area contributed by atoms with E-state index in [9.17, 15) is 13.2 Å². The Kier molecular flexibility index (Phi) is 5.96. The van der Waals surface area contributed by atoms with Crippen molar-refractivity contribution >= 4 is 15.7 Å². The lowest BCUT2D eigenvalue weighted by molar-refractivity contribution is -0.130. The number of carbonyl (C=O) groups is 1. The van der Waals surface area contributed by atoms with Crippen molar-refractivity contribution in [1.29, 1.82) is 0 Å². The smallest absolute Gasteiger partial charge is 0.224 e. The van der Waals surface area contributed by atoms with Gasteiger partial charge in [0.2, 0.25) is 5.91 Å². The Morgan fingerprint density at radius 3 is 2.41 bits per heavy atom. The number of benzene rings is 1. The maximum Gasteiger partial charge on any atom is 0.224 e. The predicted molar refractivity (Wildman–Crippen MR) is 103 cm³/mol. The quantitative estimate of drug-likeness (QED) is 0.748. The number of aryl methyl sites for hydroxylation is 1. The molecule has 1 amide bonds. The van der Waals surface area contributed by atoms with Crippen molar-refractivity contribution in [3.8, 4) is 0 Å². The van der Waals surface area contributed by atoms with Crippen molar-refractivity contribution in [3.05, 3.63) is 47.8 Å². The summed E-state index contributed by atoms with van der Waals surface area (Å²) in [5, 5.41) is 4.30. The zero-order chi connectivity index (χ0) is 19.4. The Morgan fingerprint density at radius 1 is 1.04 bits per heavy atom. The third kappa shape index (κ3) is 5.17. The summed E-state index contributed by atoms with van der Waals surface area (Å²) < 4.78 is 25.0.